The van der Waals surface area contributed by atoms with Gasteiger partial charge in [0, 0.05) is 31.4 Å². The third-order valence-corrected chi connectivity index (χ3v) is 5.74. The average Bonchev–Trinajstić information content (AvgIpc) is 3.12. The summed E-state index contributed by atoms with van der Waals surface area (Å²) >= 11 is 17.4. The Balaban J connectivity index is 1.43. The summed E-state index contributed by atoms with van der Waals surface area (Å²) in [4.78, 5) is 14.8. The van der Waals surface area contributed by atoms with Crippen molar-refractivity contribution >= 4 is 52.1 Å². The van der Waals surface area contributed by atoms with Gasteiger partial charge in [0.05, 0.1) is 10.0 Å². The van der Waals surface area contributed by atoms with E-state index >= 15 is 0 Å². The normalized spacial score (nSPS) is 17.6. The van der Waals surface area contributed by atoms with Crippen LogP contribution in [0.15, 0.2) is 48.5 Å². The zero-order valence-corrected chi connectivity index (χ0v) is 18.4. The number of nitrogens with zero attached hydrogens (tertiary/aromatic N) is 1. The Hall–Kier alpha value is -1.86. The molecule has 2 atom stereocenters. The monoisotopic (exact) mass is 450 g/mol. The van der Waals surface area contributed by atoms with Gasteiger partial charge in [-0.25, -0.2) is 0 Å². The Morgan fingerprint density at radius 3 is 2.69 bits per heavy atom. The number of hydrogen-bond donors (Lipinski definition) is 3. The Bertz CT molecular complexity index is 865. The summed E-state index contributed by atoms with van der Waals surface area (Å²) in [5.74, 6) is -0.0661. The van der Waals surface area contributed by atoms with Crippen LogP contribution in [0.1, 0.15) is 18.9 Å². The van der Waals surface area contributed by atoms with Crippen molar-refractivity contribution in [3.8, 4) is 0 Å². The van der Waals surface area contributed by atoms with Gasteiger partial charge in [-0.05, 0) is 55.4 Å². The van der Waals surface area contributed by atoms with Crippen molar-refractivity contribution in [1.29, 1.82) is 0 Å². The Kier molecular flexibility index (Phi) is 7.72. The van der Waals surface area contributed by atoms with Gasteiger partial charge in [0.25, 0.3) is 0 Å². The fourth-order valence-corrected chi connectivity index (χ4v) is 3.88. The molecule has 0 saturated carbocycles. The standard InChI is InChI=1S/C21H24Cl2N4OS/c1-14(24-21(29)26-16-5-3-2-4-6-16)20(28)25-17-9-10-27(13-17)12-15-7-8-18(22)19(23)11-15/h2-8,11,14,17H,9-10,12-13H2,1H3,(H,25,28)(H2,24,26,29)/t14-,17-/m0/s1. The van der Waals surface area contributed by atoms with E-state index in [-0.39, 0.29) is 11.9 Å². The minimum Gasteiger partial charge on any atom is -0.351 e. The zero-order valence-electron chi connectivity index (χ0n) is 16.1. The second kappa shape index (κ2) is 10.3. The quantitative estimate of drug-likeness (QED) is 0.579. The van der Waals surface area contributed by atoms with Crippen LogP contribution in [0.25, 0.3) is 0 Å². The van der Waals surface area contributed by atoms with Gasteiger partial charge in [0.1, 0.15) is 6.04 Å². The predicted molar refractivity (Wildman–Crippen MR) is 124 cm³/mol. The van der Waals surface area contributed by atoms with Crippen LogP contribution in [-0.2, 0) is 11.3 Å². The molecule has 8 heteroatoms. The van der Waals surface area contributed by atoms with Gasteiger partial charge >= 0.3 is 0 Å². The third-order valence-electron chi connectivity index (χ3n) is 4.78. The van der Waals surface area contributed by atoms with E-state index in [4.69, 9.17) is 35.4 Å². The molecule has 1 aliphatic rings. The first-order chi connectivity index (χ1) is 13.9. The summed E-state index contributed by atoms with van der Waals surface area (Å²) < 4.78 is 0. The molecular formula is C21H24Cl2N4OS. The van der Waals surface area contributed by atoms with E-state index in [0.29, 0.717) is 15.2 Å². The fourth-order valence-electron chi connectivity index (χ4n) is 3.27. The Morgan fingerprint density at radius 1 is 1.21 bits per heavy atom. The van der Waals surface area contributed by atoms with E-state index in [0.717, 1.165) is 37.3 Å². The SMILES string of the molecule is C[C@H](NC(=S)Nc1ccccc1)C(=O)N[C@H]1CCN(Cc2ccc(Cl)c(Cl)c2)C1. The molecule has 0 radical (unpaired) electrons. The molecule has 0 aromatic heterocycles. The number of amides is 1. The molecule has 0 bridgehead atoms. The molecule has 1 heterocycles. The van der Waals surface area contributed by atoms with Gasteiger partial charge < -0.3 is 16.0 Å². The topological polar surface area (TPSA) is 56.4 Å². The minimum absolute atomic E-state index is 0.0661. The maximum absolute atomic E-state index is 12.5. The number of carbonyl (C=O) groups is 1. The van der Waals surface area contributed by atoms with E-state index < -0.39 is 6.04 Å². The van der Waals surface area contributed by atoms with Crippen LogP contribution < -0.4 is 16.0 Å². The van der Waals surface area contributed by atoms with Crippen molar-refractivity contribution in [2.45, 2.75) is 32.0 Å². The van der Waals surface area contributed by atoms with Crippen molar-refractivity contribution in [1.82, 2.24) is 15.5 Å². The molecule has 154 valence electrons. The lowest BCUT2D eigenvalue weighted by Gasteiger charge is -2.20. The molecule has 1 aliphatic heterocycles. The molecule has 3 rings (SSSR count). The molecule has 1 amide bonds. The number of benzene rings is 2. The van der Waals surface area contributed by atoms with Crippen molar-refractivity contribution in [2.75, 3.05) is 18.4 Å². The molecular weight excluding hydrogens is 427 g/mol. The first kappa shape index (κ1) is 21.8. The smallest absolute Gasteiger partial charge is 0.242 e. The number of anilines is 1. The molecule has 3 N–H and O–H groups in total. The van der Waals surface area contributed by atoms with Crippen molar-refractivity contribution in [3.05, 3.63) is 64.1 Å². The van der Waals surface area contributed by atoms with Crippen LogP contribution in [-0.4, -0.2) is 41.1 Å². The van der Waals surface area contributed by atoms with Crippen LogP contribution in [0.4, 0.5) is 5.69 Å². The van der Waals surface area contributed by atoms with Crippen molar-refractivity contribution in [3.63, 3.8) is 0 Å². The van der Waals surface area contributed by atoms with Gasteiger partial charge in [0.2, 0.25) is 5.91 Å². The highest BCUT2D eigenvalue weighted by molar-refractivity contribution is 7.80. The summed E-state index contributed by atoms with van der Waals surface area (Å²) in [5.41, 5.74) is 1.99. The van der Waals surface area contributed by atoms with Crippen LogP contribution in [0.2, 0.25) is 10.0 Å². The van der Waals surface area contributed by atoms with Gasteiger partial charge in [0.15, 0.2) is 5.11 Å². The van der Waals surface area contributed by atoms with Crippen LogP contribution in [0.3, 0.4) is 0 Å². The predicted octanol–water partition coefficient (Wildman–Crippen LogP) is 4.06. The van der Waals surface area contributed by atoms with Crippen LogP contribution in [0, 0.1) is 0 Å². The highest BCUT2D eigenvalue weighted by Crippen LogP contribution is 2.24. The summed E-state index contributed by atoms with van der Waals surface area (Å²) in [7, 11) is 0. The average molecular weight is 451 g/mol. The molecule has 0 unspecified atom stereocenters. The summed E-state index contributed by atoms with van der Waals surface area (Å²) in [6, 6.07) is 15.0. The largest absolute Gasteiger partial charge is 0.351 e. The molecule has 2 aromatic rings. The Labute approximate surface area is 186 Å². The van der Waals surface area contributed by atoms with Gasteiger partial charge in [-0.2, -0.15) is 0 Å². The molecule has 1 fully saturated rings. The lowest BCUT2D eigenvalue weighted by atomic mass is 10.2. The second-order valence-corrected chi connectivity index (χ2v) is 8.39. The maximum atomic E-state index is 12.5. The highest BCUT2D eigenvalue weighted by Gasteiger charge is 2.25. The third kappa shape index (κ3) is 6.57. The van der Waals surface area contributed by atoms with Crippen molar-refractivity contribution in [2.24, 2.45) is 0 Å². The first-order valence-corrected chi connectivity index (χ1v) is 10.7. The van der Waals surface area contributed by atoms with Gasteiger partial charge in [-0.3, -0.25) is 9.69 Å². The highest BCUT2D eigenvalue weighted by atomic mass is 35.5. The number of nitrogens with one attached hydrogen (secondary N) is 3. The van der Waals surface area contributed by atoms with Crippen LogP contribution in [0.5, 0.6) is 0 Å². The Morgan fingerprint density at radius 2 is 1.97 bits per heavy atom. The summed E-state index contributed by atoms with van der Waals surface area (Å²) in [6.07, 6.45) is 0.909. The summed E-state index contributed by atoms with van der Waals surface area (Å²) in [5, 5.41) is 10.8. The number of hydrogen-bond acceptors (Lipinski definition) is 3. The van der Waals surface area contributed by atoms with E-state index in [1.54, 1.807) is 6.92 Å². The minimum atomic E-state index is -0.428. The fraction of sp³-hybridized carbons (Fsp3) is 0.333. The molecule has 0 aliphatic carbocycles. The van der Waals surface area contributed by atoms with E-state index in [1.807, 2.05) is 48.5 Å². The lowest BCUT2D eigenvalue weighted by molar-refractivity contribution is -0.123. The molecule has 29 heavy (non-hydrogen) atoms. The van der Waals surface area contributed by atoms with E-state index in [2.05, 4.69) is 20.9 Å². The number of thiocarbonyl (C=S) groups is 1. The first-order valence-electron chi connectivity index (χ1n) is 9.50. The molecule has 1 saturated heterocycles. The molecule has 0 spiro atoms. The second-order valence-electron chi connectivity index (χ2n) is 7.16. The zero-order chi connectivity index (χ0) is 20.8. The van der Waals surface area contributed by atoms with Crippen LogP contribution >= 0.6 is 35.4 Å². The summed E-state index contributed by atoms with van der Waals surface area (Å²) in [6.45, 7) is 4.30. The number of halogens is 2. The van der Waals surface area contributed by atoms with E-state index in [1.165, 1.54) is 0 Å². The van der Waals surface area contributed by atoms with Gasteiger partial charge in [-0.1, -0.05) is 47.5 Å². The van der Waals surface area contributed by atoms with E-state index in [9.17, 15) is 4.79 Å². The lowest BCUT2D eigenvalue weighted by Crippen LogP contribution is -2.49. The maximum Gasteiger partial charge on any atom is 0.242 e. The molecule has 5 nitrogen and oxygen atoms in total. The number of rotatable bonds is 6. The number of para-hydroxylation sites is 1. The van der Waals surface area contributed by atoms with Crippen molar-refractivity contribution < 1.29 is 4.79 Å². The van der Waals surface area contributed by atoms with Gasteiger partial charge in [-0.15, -0.1) is 0 Å². The number of likely N-dealkylation sites (tertiary alicyclic amines) is 1. The number of carbonyl (C=O) groups excluding carboxylic acids is 1. The molecule has 2 aromatic carbocycles.